The van der Waals surface area contributed by atoms with Crippen LogP contribution in [0.15, 0.2) is 47.6 Å². The minimum absolute atomic E-state index is 0.955. The fourth-order valence-electron chi connectivity index (χ4n) is 1.36. The summed E-state index contributed by atoms with van der Waals surface area (Å²) in [6.45, 7) is 0. The second-order valence-corrected chi connectivity index (χ2v) is 3.99. The van der Waals surface area contributed by atoms with Gasteiger partial charge in [-0.05, 0) is 29.8 Å². The Labute approximate surface area is 109 Å². The van der Waals surface area contributed by atoms with E-state index in [1.165, 1.54) is 0 Å². The number of rotatable bonds is 3. The number of hydrogen-bond donors (Lipinski definition) is 1. The first-order valence-corrected chi connectivity index (χ1v) is 5.99. The first-order chi connectivity index (χ1) is 7.79. The van der Waals surface area contributed by atoms with E-state index < -0.39 is 0 Å². The third kappa shape index (κ3) is 2.63. The summed E-state index contributed by atoms with van der Waals surface area (Å²) < 4.78 is 5.04. The van der Waals surface area contributed by atoms with Gasteiger partial charge >= 0.3 is 0 Å². The zero-order chi connectivity index (χ0) is 11.4. The third-order valence-corrected chi connectivity index (χ3v) is 2.90. The highest BCUT2D eigenvalue weighted by Gasteiger charge is 1.93. The summed E-state index contributed by atoms with van der Waals surface area (Å²) in [6.07, 6.45) is 3.85. The van der Waals surface area contributed by atoms with Gasteiger partial charge in [0, 0.05) is 25.1 Å². The van der Waals surface area contributed by atoms with E-state index in [0.29, 0.717) is 0 Å². The molecule has 0 saturated carbocycles. The Kier molecular flexibility index (Phi) is 3.61. The van der Waals surface area contributed by atoms with Crippen LogP contribution in [0.3, 0.4) is 0 Å². The number of benzene rings is 1. The SMILES string of the molecule is Cn1cccc1N=Cc1ccc(NI)cc1. The molecule has 3 nitrogen and oxygen atoms in total. The Bertz CT molecular complexity index is 485. The highest BCUT2D eigenvalue weighted by Crippen LogP contribution is 2.13. The van der Waals surface area contributed by atoms with Crippen molar-refractivity contribution >= 4 is 40.6 Å². The summed E-state index contributed by atoms with van der Waals surface area (Å²) >= 11 is 2.11. The van der Waals surface area contributed by atoms with Crippen molar-refractivity contribution in [1.29, 1.82) is 0 Å². The molecule has 0 aliphatic heterocycles. The van der Waals surface area contributed by atoms with Crippen molar-refractivity contribution in [2.45, 2.75) is 0 Å². The van der Waals surface area contributed by atoms with Gasteiger partial charge in [-0.15, -0.1) is 0 Å². The maximum atomic E-state index is 4.41. The van der Waals surface area contributed by atoms with Crippen LogP contribution in [0, 0.1) is 0 Å². The van der Waals surface area contributed by atoms with Crippen molar-refractivity contribution in [3.63, 3.8) is 0 Å². The van der Waals surface area contributed by atoms with E-state index >= 15 is 0 Å². The molecule has 1 aromatic carbocycles. The fourth-order valence-corrected chi connectivity index (χ4v) is 1.72. The molecule has 4 heteroatoms. The molecule has 0 saturated heterocycles. The number of nitrogens with zero attached hydrogens (tertiary/aromatic N) is 2. The highest BCUT2D eigenvalue weighted by molar-refractivity contribution is 14.1. The largest absolute Gasteiger partial charge is 0.336 e. The molecule has 0 spiro atoms. The molecule has 0 amide bonds. The second kappa shape index (κ2) is 5.16. The zero-order valence-corrected chi connectivity index (χ0v) is 11.0. The van der Waals surface area contributed by atoms with Crippen LogP contribution in [0.5, 0.6) is 0 Å². The molecule has 1 heterocycles. The Hall–Kier alpha value is -1.30. The molecular formula is C12H12IN3. The number of aliphatic imine (C=N–C) groups is 1. The summed E-state index contributed by atoms with van der Waals surface area (Å²) in [7, 11) is 1.98. The average molecular weight is 325 g/mol. The van der Waals surface area contributed by atoms with Crippen LogP contribution in [0.1, 0.15) is 5.56 Å². The fraction of sp³-hybridized carbons (Fsp3) is 0.0833. The summed E-state index contributed by atoms with van der Waals surface area (Å²) in [5, 5.41) is 0. The van der Waals surface area contributed by atoms with Crippen LogP contribution in [-0.2, 0) is 7.05 Å². The van der Waals surface area contributed by atoms with E-state index in [2.05, 4.69) is 31.4 Å². The second-order valence-electron chi connectivity index (χ2n) is 3.45. The summed E-state index contributed by atoms with van der Waals surface area (Å²) in [5.74, 6) is 0.955. The first kappa shape index (κ1) is 11.2. The van der Waals surface area contributed by atoms with Crippen LogP contribution in [0.25, 0.3) is 0 Å². The standard InChI is InChI=1S/C12H12IN3/c1-16-8-2-3-12(16)14-9-10-4-6-11(15-13)7-5-10/h2-9,15H,1H3. The Balaban J connectivity index is 2.14. The average Bonchev–Trinajstić information content (AvgIpc) is 2.73. The molecule has 2 aromatic rings. The zero-order valence-electron chi connectivity index (χ0n) is 8.89. The number of aromatic nitrogens is 1. The Morgan fingerprint density at radius 3 is 2.56 bits per heavy atom. The lowest BCUT2D eigenvalue weighted by atomic mass is 10.2. The van der Waals surface area contributed by atoms with E-state index in [-0.39, 0.29) is 0 Å². The topological polar surface area (TPSA) is 29.3 Å². The van der Waals surface area contributed by atoms with Crippen molar-refractivity contribution in [2.75, 3.05) is 3.53 Å². The van der Waals surface area contributed by atoms with E-state index in [1.54, 1.807) is 0 Å². The van der Waals surface area contributed by atoms with Gasteiger partial charge in [0.05, 0.1) is 22.9 Å². The number of nitrogens with one attached hydrogen (secondary N) is 1. The Morgan fingerprint density at radius 2 is 2.00 bits per heavy atom. The highest BCUT2D eigenvalue weighted by atomic mass is 127. The molecule has 0 fully saturated rings. The van der Waals surface area contributed by atoms with Crippen molar-refractivity contribution in [1.82, 2.24) is 4.57 Å². The molecule has 1 aromatic heterocycles. The van der Waals surface area contributed by atoms with Gasteiger partial charge in [-0.2, -0.15) is 0 Å². The normalized spacial score (nSPS) is 10.9. The number of anilines is 1. The summed E-state index contributed by atoms with van der Waals surface area (Å²) in [6, 6.07) is 12.1. The van der Waals surface area contributed by atoms with E-state index in [1.807, 2.05) is 60.4 Å². The van der Waals surface area contributed by atoms with Gasteiger partial charge in [0.25, 0.3) is 0 Å². The molecule has 0 bridgehead atoms. The van der Waals surface area contributed by atoms with Gasteiger partial charge in [0.1, 0.15) is 5.82 Å². The molecule has 0 aliphatic carbocycles. The number of aryl methyl sites for hydroxylation is 1. The van der Waals surface area contributed by atoms with Gasteiger partial charge in [0.2, 0.25) is 0 Å². The Morgan fingerprint density at radius 1 is 1.25 bits per heavy atom. The summed E-state index contributed by atoms with van der Waals surface area (Å²) in [5.41, 5.74) is 2.19. The lowest BCUT2D eigenvalue weighted by Crippen LogP contribution is -1.85. The first-order valence-electron chi connectivity index (χ1n) is 4.92. The van der Waals surface area contributed by atoms with Crippen molar-refractivity contribution in [3.05, 3.63) is 48.2 Å². The number of hydrogen-bond acceptors (Lipinski definition) is 2. The van der Waals surface area contributed by atoms with Crippen molar-refractivity contribution in [3.8, 4) is 0 Å². The molecule has 0 unspecified atom stereocenters. The van der Waals surface area contributed by atoms with Gasteiger partial charge in [-0.25, -0.2) is 4.99 Å². The van der Waals surface area contributed by atoms with Gasteiger partial charge in [-0.3, -0.25) is 0 Å². The predicted molar refractivity (Wildman–Crippen MR) is 76.8 cm³/mol. The molecule has 0 aliphatic rings. The van der Waals surface area contributed by atoms with Gasteiger partial charge in [-0.1, -0.05) is 12.1 Å². The summed E-state index contributed by atoms with van der Waals surface area (Å²) in [4.78, 5) is 4.41. The smallest absolute Gasteiger partial charge is 0.132 e. The third-order valence-electron chi connectivity index (χ3n) is 2.28. The van der Waals surface area contributed by atoms with E-state index in [0.717, 1.165) is 17.1 Å². The van der Waals surface area contributed by atoms with Gasteiger partial charge < -0.3 is 8.10 Å². The predicted octanol–water partition coefficient (Wildman–Crippen LogP) is 3.54. The monoisotopic (exact) mass is 325 g/mol. The van der Waals surface area contributed by atoms with Crippen LogP contribution >= 0.6 is 22.9 Å². The maximum absolute atomic E-state index is 4.41. The minimum Gasteiger partial charge on any atom is -0.336 e. The van der Waals surface area contributed by atoms with Crippen LogP contribution in [0.2, 0.25) is 0 Å². The van der Waals surface area contributed by atoms with Crippen molar-refractivity contribution < 1.29 is 0 Å². The van der Waals surface area contributed by atoms with E-state index in [4.69, 9.17) is 0 Å². The minimum atomic E-state index is 0.955. The quantitative estimate of drug-likeness (QED) is 0.522. The molecular weight excluding hydrogens is 313 g/mol. The van der Waals surface area contributed by atoms with Crippen LogP contribution < -0.4 is 3.53 Å². The van der Waals surface area contributed by atoms with Crippen LogP contribution in [0.4, 0.5) is 11.5 Å². The number of halogens is 1. The molecule has 1 N–H and O–H groups in total. The van der Waals surface area contributed by atoms with Crippen molar-refractivity contribution in [2.24, 2.45) is 12.0 Å². The van der Waals surface area contributed by atoms with E-state index in [9.17, 15) is 0 Å². The molecule has 2 rings (SSSR count). The molecule has 0 radical (unpaired) electrons. The van der Waals surface area contributed by atoms with Gasteiger partial charge in [0.15, 0.2) is 0 Å². The molecule has 82 valence electrons. The lowest BCUT2D eigenvalue weighted by molar-refractivity contribution is 0.927. The maximum Gasteiger partial charge on any atom is 0.132 e. The molecule has 0 atom stereocenters. The molecule has 16 heavy (non-hydrogen) atoms. The lowest BCUT2D eigenvalue weighted by Gasteiger charge is -1.98. The van der Waals surface area contributed by atoms with Crippen LogP contribution in [-0.4, -0.2) is 10.8 Å².